The van der Waals surface area contributed by atoms with E-state index in [9.17, 15) is 18.0 Å². The highest BCUT2D eigenvalue weighted by molar-refractivity contribution is 7.89. The van der Waals surface area contributed by atoms with E-state index in [1.165, 1.54) is 23.5 Å². The zero-order valence-corrected chi connectivity index (χ0v) is 19.3. The summed E-state index contributed by atoms with van der Waals surface area (Å²) >= 11 is 0. The summed E-state index contributed by atoms with van der Waals surface area (Å²) in [5.41, 5.74) is 2.67. The minimum Gasteiger partial charge on any atom is -0.469 e. The van der Waals surface area contributed by atoms with E-state index >= 15 is 0 Å². The maximum absolute atomic E-state index is 13.1. The molecule has 1 fully saturated rings. The van der Waals surface area contributed by atoms with Gasteiger partial charge in [-0.3, -0.25) is 9.59 Å². The topological polar surface area (TPSA) is 102 Å². The second kappa shape index (κ2) is 10.2. The number of esters is 1. The van der Waals surface area contributed by atoms with Crippen LogP contribution >= 0.6 is 0 Å². The summed E-state index contributed by atoms with van der Waals surface area (Å²) in [4.78, 5) is 25.1. The molecule has 2 aromatic rings. The number of nitrogens with zero attached hydrogens (tertiary/aromatic N) is 1. The number of carbonyl (C=O) groups is 2. The number of aryl methyl sites for hydroxylation is 2. The van der Waals surface area contributed by atoms with Crippen molar-refractivity contribution in [2.24, 2.45) is 0 Å². The second-order valence-corrected chi connectivity index (χ2v) is 9.65. The fourth-order valence-corrected chi connectivity index (χ4v) is 4.91. The summed E-state index contributed by atoms with van der Waals surface area (Å²) in [6, 6.07) is 11.4. The highest BCUT2D eigenvalue weighted by Gasteiger charge is 2.28. The standard InChI is InChI=1S/C23H28N2O6S/c1-16-4-7-18(8-5-16)21(15-22(26)30-3)24-23(27)20-14-19(9-6-17(20)2)32(28,29)25-10-12-31-13-11-25/h4-9,14,21H,10-13,15H2,1-3H3,(H,24,27). The maximum Gasteiger partial charge on any atom is 0.307 e. The molecule has 32 heavy (non-hydrogen) atoms. The van der Waals surface area contributed by atoms with Crippen LogP contribution in [-0.4, -0.2) is 58.0 Å². The molecule has 0 radical (unpaired) electrons. The molecule has 1 atom stereocenters. The van der Waals surface area contributed by atoms with Gasteiger partial charge in [0.2, 0.25) is 10.0 Å². The largest absolute Gasteiger partial charge is 0.469 e. The zero-order chi connectivity index (χ0) is 23.3. The van der Waals surface area contributed by atoms with Crippen LogP contribution in [-0.2, 0) is 24.3 Å². The van der Waals surface area contributed by atoms with Crippen molar-refractivity contribution in [3.05, 3.63) is 64.7 Å². The Bertz CT molecular complexity index is 1080. The van der Waals surface area contributed by atoms with E-state index in [1.807, 2.05) is 31.2 Å². The Kier molecular flexibility index (Phi) is 7.65. The van der Waals surface area contributed by atoms with Crippen molar-refractivity contribution in [3.8, 4) is 0 Å². The highest BCUT2D eigenvalue weighted by Crippen LogP contribution is 2.23. The monoisotopic (exact) mass is 460 g/mol. The van der Waals surface area contributed by atoms with Gasteiger partial charge in [-0.05, 0) is 37.1 Å². The van der Waals surface area contributed by atoms with Crippen LogP contribution in [0.2, 0.25) is 0 Å². The van der Waals surface area contributed by atoms with Crippen LogP contribution in [0.5, 0.6) is 0 Å². The lowest BCUT2D eigenvalue weighted by Crippen LogP contribution is -2.40. The van der Waals surface area contributed by atoms with Gasteiger partial charge in [0.25, 0.3) is 5.91 Å². The molecule has 1 heterocycles. The van der Waals surface area contributed by atoms with Crippen LogP contribution in [0.25, 0.3) is 0 Å². The van der Waals surface area contributed by atoms with Crippen LogP contribution < -0.4 is 5.32 Å². The van der Waals surface area contributed by atoms with Gasteiger partial charge in [0.1, 0.15) is 0 Å². The lowest BCUT2D eigenvalue weighted by Gasteiger charge is -2.26. The lowest BCUT2D eigenvalue weighted by molar-refractivity contribution is -0.141. The smallest absolute Gasteiger partial charge is 0.307 e. The first-order chi connectivity index (χ1) is 15.2. The van der Waals surface area contributed by atoms with E-state index in [0.29, 0.717) is 18.8 Å². The molecule has 0 saturated carbocycles. The Morgan fingerprint density at radius 1 is 1.09 bits per heavy atom. The summed E-state index contributed by atoms with van der Waals surface area (Å²) in [7, 11) is -2.45. The SMILES string of the molecule is COC(=O)CC(NC(=O)c1cc(S(=O)(=O)N2CCOCC2)ccc1C)c1ccc(C)cc1. The van der Waals surface area contributed by atoms with Gasteiger partial charge < -0.3 is 14.8 Å². The molecule has 2 aromatic carbocycles. The van der Waals surface area contributed by atoms with Gasteiger partial charge >= 0.3 is 5.97 Å². The zero-order valence-electron chi connectivity index (χ0n) is 18.5. The summed E-state index contributed by atoms with van der Waals surface area (Å²) in [5.74, 6) is -0.924. The maximum atomic E-state index is 13.1. The normalized spacial score (nSPS) is 15.7. The Balaban J connectivity index is 1.88. The Hall–Kier alpha value is -2.75. The van der Waals surface area contributed by atoms with E-state index in [1.54, 1.807) is 13.0 Å². The molecule has 1 amide bonds. The first kappa shape index (κ1) is 23.9. The van der Waals surface area contributed by atoms with Crippen molar-refractivity contribution in [1.29, 1.82) is 0 Å². The number of carbonyl (C=O) groups excluding carboxylic acids is 2. The summed E-state index contributed by atoms with van der Waals surface area (Å²) in [6.45, 7) is 4.90. The number of hydrogen-bond acceptors (Lipinski definition) is 6. The molecule has 0 aromatic heterocycles. The number of ether oxygens (including phenoxy) is 2. The number of sulfonamides is 1. The molecule has 1 aliphatic heterocycles. The van der Waals surface area contributed by atoms with E-state index in [-0.39, 0.29) is 30.0 Å². The van der Waals surface area contributed by atoms with Crippen molar-refractivity contribution in [3.63, 3.8) is 0 Å². The number of rotatable bonds is 7. The molecule has 0 aliphatic carbocycles. The quantitative estimate of drug-likeness (QED) is 0.637. The fraction of sp³-hybridized carbons (Fsp3) is 0.391. The van der Waals surface area contributed by atoms with Crippen LogP contribution in [0.4, 0.5) is 0 Å². The second-order valence-electron chi connectivity index (χ2n) is 7.71. The third-order valence-electron chi connectivity index (χ3n) is 5.44. The van der Waals surface area contributed by atoms with Crippen LogP contribution in [0.3, 0.4) is 0 Å². The van der Waals surface area contributed by atoms with Crippen LogP contribution in [0, 0.1) is 13.8 Å². The Morgan fingerprint density at radius 2 is 1.75 bits per heavy atom. The van der Waals surface area contributed by atoms with Gasteiger partial charge in [-0.15, -0.1) is 0 Å². The van der Waals surface area contributed by atoms with Gasteiger partial charge in [0.15, 0.2) is 0 Å². The minimum atomic E-state index is -3.74. The average Bonchev–Trinajstić information content (AvgIpc) is 2.79. The van der Waals surface area contributed by atoms with Crippen LogP contribution in [0.1, 0.15) is 39.5 Å². The number of methoxy groups -OCH3 is 1. The molecular weight excluding hydrogens is 432 g/mol. The van der Waals surface area contributed by atoms with Crippen molar-refractivity contribution < 1.29 is 27.5 Å². The van der Waals surface area contributed by atoms with E-state index in [2.05, 4.69) is 5.32 Å². The summed E-state index contributed by atoms with van der Waals surface area (Å²) < 4.78 is 37.4. The third-order valence-corrected chi connectivity index (χ3v) is 7.34. The average molecular weight is 461 g/mol. The first-order valence-electron chi connectivity index (χ1n) is 10.3. The van der Waals surface area contributed by atoms with Crippen molar-refractivity contribution >= 4 is 21.9 Å². The Labute approximate surface area is 188 Å². The van der Waals surface area contributed by atoms with Crippen LogP contribution in [0.15, 0.2) is 47.4 Å². The van der Waals surface area contributed by atoms with Gasteiger partial charge in [0.05, 0.1) is 37.7 Å². The fourth-order valence-electron chi connectivity index (χ4n) is 3.48. The molecule has 9 heteroatoms. The summed E-state index contributed by atoms with van der Waals surface area (Å²) in [6.07, 6.45) is -0.0455. The predicted octanol–water partition coefficient (Wildman–Crippen LogP) is 2.36. The van der Waals surface area contributed by atoms with Crippen molar-refractivity contribution in [2.45, 2.75) is 31.2 Å². The van der Waals surface area contributed by atoms with Crippen molar-refractivity contribution in [1.82, 2.24) is 9.62 Å². The molecule has 0 spiro atoms. The van der Waals surface area contributed by atoms with E-state index in [0.717, 1.165) is 11.1 Å². The van der Waals surface area contributed by atoms with Gasteiger partial charge in [-0.25, -0.2) is 8.42 Å². The number of benzene rings is 2. The number of morpholine rings is 1. The lowest BCUT2D eigenvalue weighted by atomic mass is 10.0. The van der Waals surface area contributed by atoms with E-state index < -0.39 is 27.9 Å². The van der Waals surface area contributed by atoms with Crippen molar-refractivity contribution in [2.75, 3.05) is 33.4 Å². The molecule has 8 nitrogen and oxygen atoms in total. The van der Waals surface area contributed by atoms with Gasteiger partial charge in [-0.1, -0.05) is 35.9 Å². The summed E-state index contributed by atoms with van der Waals surface area (Å²) in [5, 5.41) is 2.87. The van der Waals surface area contributed by atoms with Gasteiger partial charge in [-0.2, -0.15) is 4.31 Å². The first-order valence-corrected chi connectivity index (χ1v) is 11.8. The number of amides is 1. The molecule has 3 rings (SSSR count). The molecular formula is C23H28N2O6S. The highest BCUT2D eigenvalue weighted by atomic mass is 32.2. The molecule has 172 valence electrons. The molecule has 1 saturated heterocycles. The van der Waals surface area contributed by atoms with E-state index in [4.69, 9.17) is 9.47 Å². The molecule has 1 unspecified atom stereocenters. The number of hydrogen-bond donors (Lipinski definition) is 1. The minimum absolute atomic E-state index is 0.0455. The molecule has 1 aliphatic rings. The van der Waals surface area contributed by atoms with Gasteiger partial charge in [0, 0.05) is 18.7 Å². The molecule has 0 bridgehead atoms. The third kappa shape index (κ3) is 5.53. The predicted molar refractivity (Wildman–Crippen MR) is 119 cm³/mol. The number of nitrogens with one attached hydrogen (secondary N) is 1. The Morgan fingerprint density at radius 3 is 2.38 bits per heavy atom. The molecule has 1 N–H and O–H groups in total.